The maximum atomic E-state index is 14.0. The van der Waals surface area contributed by atoms with E-state index in [1.807, 2.05) is 38.1 Å². The number of aromatic nitrogens is 4. The van der Waals surface area contributed by atoms with Crippen LogP contribution in [0.25, 0.3) is 22.5 Å². The minimum Gasteiger partial charge on any atom is -0.365 e. The van der Waals surface area contributed by atoms with Gasteiger partial charge in [0.1, 0.15) is 33.6 Å². The Morgan fingerprint density at radius 1 is 0.717 bits per heavy atom. The van der Waals surface area contributed by atoms with Gasteiger partial charge in [-0.05, 0) is 102 Å². The van der Waals surface area contributed by atoms with Crippen molar-refractivity contribution in [3.63, 3.8) is 0 Å². The third-order valence-electron chi connectivity index (χ3n) is 8.66. The molecule has 0 fully saturated rings. The van der Waals surface area contributed by atoms with E-state index >= 15 is 0 Å². The second-order valence-electron chi connectivity index (χ2n) is 12.1. The van der Waals surface area contributed by atoms with Crippen molar-refractivity contribution in [1.29, 1.82) is 0 Å². The molecule has 0 unspecified atom stereocenters. The maximum Gasteiger partial charge on any atom is 0.135 e. The SMILES string of the molecule is Cc1nc(Cl)ccc1Br.Cc1nc(Cl)ccc1N1CCc2[nH]c(-c3c(F)cccc3F)cc2C1.Fc1cccc(F)c1-c1cc2c([nH]1)CCNC2.[B][BH3-]. The largest absolute Gasteiger partial charge is 0.365 e. The summed E-state index contributed by atoms with van der Waals surface area (Å²) >= 11 is 14.8. The van der Waals surface area contributed by atoms with Crippen molar-refractivity contribution in [3.05, 3.63) is 145 Å². The first kappa shape index (κ1) is 40.2. The van der Waals surface area contributed by atoms with Crippen molar-refractivity contribution in [2.45, 2.75) is 39.8 Å². The minimum absolute atomic E-state index is 0.00668. The predicted octanol–water partition coefficient (Wildman–Crippen LogP) is 8.73. The van der Waals surface area contributed by atoms with E-state index in [9.17, 15) is 17.6 Å². The first-order chi connectivity index (χ1) is 25.5. The summed E-state index contributed by atoms with van der Waals surface area (Å²) in [5, 5.41) is 4.24. The number of hydrogen-bond acceptors (Lipinski definition) is 4. The fraction of sp³-hybridized carbons (Fsp3) is 0.211. The molecule has 0 saturated carbocycles. The second-order valence-corrected chi connectivity index (χ2v) is 13.7. The number of anilines is 1. The highest BCUT2D eigenvalue weighted by Crippen LogP contribution is 2.33. The van der Waals surface area contributed by atoms with Crippen LogP contribution in [0.2, 0.25) is 10.3 Å². The van der Waals surface area contributed by atoms with Crippen LogP contribution >= 0.6 is 39.1 Å². The molecule has 2 aromatic carbocycles. The van der Waals surface area contributed by atoms with E-state index < -0.39 is 23.3 Å². The highest BCUT2D eigenvalue weighted by atomic mass is 79.9. The van der Waals surface area contributed by atoms with Crippen LogP contribution in [0.3, 0.4) is 0 Å². The van der Waals surface area contributed by atoms with Gasteiger partial charge in [0.2, 0.25) is 0 Å². The number of aromatic amines is 2. The number of halogens is 7. The third-order valence-corrected chi connectivity index (χ3v) is 9.92. The van der Waals surface area contributed by atoms with Gasteiger partial charge in [0, 0.05) is 54.9 Å². The normalized spacial score (nSPS) is 13.0. The Bertz CT molecular complexity index is 2130. The van der Waals surface area contributed by atoms with Gasteiger partial charge in [0.05, 0.1) is 39.6 Å². The molecular formula is C38H36B2BrCl2F4N6-. The summed E-state index contributed by atoms with van der Waals surface area (Å²) < 4.78 is 56.3. The summed E-state index contributed by atoms with van der Waals surface area (Å²) in [7, 11) is 5.00. The number of H-pyrrole nitrogens is 2. The lowest BCUT2D eigenvalue weighted by molar-refractivity contribution is 0.588. The first-order valence-corrected chi connectivity index (χ1v) is 17.7. The van der Waals surface area contributed by atoms with Crippen LogP contribution in [0.1, 0.15) is 33.9 Å². The van der Waals surface area contributed by atoms with Gasteiger partial charge in [0.15, 0.2) is 0 Å². The number of rotatable bonds is 3. The monoisotopic (exact) mass is 823 g/mol. The van der Waals surface area contributed by atoms with E-state index in [1.54, 1.807) is 12.1 Å². The summed E-state index contributed by atoms with van der Waals surface area (Å²) in [6, 6.07) is 18.9. The number of nitrogens with zero attached hydrogens (tertiary/aromatic N) is 3. The van der Waals surface area contributed by atoms with Gasteiger partial charge in [-0.15, -0.1) is 0 Å². The van der Waals surface area contributed by atoms with Gasteiger partial charge in [0.25, 0.3) is 0 Å². The number of aryl methyl sites for hydroxylation is 2. The van der Waals surface area contributed by atoms with Crippen molar-refractivity contribution < 1.29 is 17.6 Å². The average Bonchev–Trinajstić information content (AvgIpc) is 3.75. The zero-order chi connectivity index (χ0) is 38.2. The molecule has 0 atom stereocenters. The van der Waals surface area contributed by atoms with Crippen LogP contribution in [-0.4, -0.2) is 48.5 Å². The Morgan fingerprint density at radius 2 is 1.23 bits per heavy atom. The van der Waals surface area contributed by atoms with E-state index in [0.717, 1.165) is 76.5 Å². The van der Waals surface area contributed by atoms with Gasteiger partial charge >= 0.3 is 0 Å². The second kappa shape index (κ2) is 18.3. The van der Waals surface area contributed by atoms with Gasteiger partial charge in [-0.25, -0.2) is 27.5 Å². The molecule has 0 amide bonds. The van der Waals surface area contributed by atoms with Gasteiger partial charge < -0.3 is 20.2 Å². The lowest BCUT2D eigenvalue weighted by atomic mass is 9.81. The van der Waals surface area contributed by atoms with Crippen molar-refractivity contribution in [2.75, 3.05) is 18.0 Å². The highest BCUT2D eigenvalue weighted by Gasteiger charge is 2.23. The molecule has 2 aliphatic rings. The van der Waals surface area contributed by atoms with E-state index in [2.05, 4.69) is 46.1 Å². The molecule has 6 heterocycles. The molecule has 2 radical (unpaired) electrons. The summed E-state index contributed by atoms with van der Waals surface area (Å²) in [6.45, 7) is 6.93. The van der Waals surface area contributed by atoms with E-state index in [0.29, 0.717) is 28.2 Å². The molecule has 15 heteroatoms. The molecule has 0 bridgehead atoms. The number of benzene rings is 2. The average molecular weight is 825 g/mol. The van der Waals surface area contributed by atoms with Crippen LogP contribution in [0.15, 0.2) is 77.3 Å². The lowest BCUT2D eigenvalue weighted by Gasteiger charge is -2.29. The summed E-state index contributed by atoms with van der Waals surface area (Å²) in [4.78, 5) is 16.8. The standard InChI is InChI=1S/C19H16ClF2N3.C13H12F2N2.C6H5BrClN.B2H3/c1-11-17(5-6-18(20)23-11)25-8-7-15-12(10-25)9-16(24-15)19-13(21)3-2-4-14(19)22;14-9-2-1-3-10(15)13(9)12-6-8-7-16-5-4-11(8)17-12;1-4-5(7)2-3-6(8)9-4;1-2/h2-6,9,24H,7-8,10H2,1H3;1-3,6,16-17H,4-5,7H2;2-3H,1H3;1H3/q;;;-1. The molecule has 3 N–H and O–H groups in total. The number of pyridine rings is 2. The molecule has 8 rings (SSSR count). The Hall–Kier alpha value is -4.03. The van der Waals surface area contributed by atoms with E-state index in [4.69, 9.17) is 30.9 Å². The quantitative estimate of drug-likeness (QED) is 0.0950. The number of nitrogens with one attached hydrogen (secondary N) is 3. The van der Waals surface area contributed by atoms with E-state index in [1.165, 1.54) is 36.4 Å². The lowest BCUT2D eigenvalue weighted by Crippen LogP contribution is -2.30. The first-order valence-electron chi connectivity index (χ1n) is 16.2. The molecule has 4 aromatic heterocycles. The molecular weight excluding hydrogens is 789 g/mol. The predicted molar refractivity (Wildman–Crippen MR) is 214 cm³/mol. The molecule has 0 spiro atoms. The molecule has 274 valence electrons. The van der Waals surface area contributed by atoms with Gasteiger partial charge in [-0.2, -0.15) is 7.74 Å². The molecule has 0 saturated heterocycles. The fourth-order valence-corrected chi connectivity index (χ4v) is 6.75. The van der Waals surface area contributed by atoms with Crippen molar-refractivity contribution in [1.82, 2.24) is 25.3 Å². The summed E-state index contributed by atoms with van der Waals surface area (Å²) in [5.41, 5.74) is 8.06. The summed E-state index contributed by atoms with van der Waals surface area (Å²) in [6.07, 6.45) is 1.64. The van der Waals surface area contributed by atoms with Crippen LogP contribution < -0.4 is 10.2 Å². The molecule has 53 heavy (non-hydrogen) atoms. The molecule has 6 nitrogen and oxygen atoms in total. The Morgan fingerprint density at radius 3 is 1.74 bits per heavy atom. The summed E-state index contributed by atoms with van der Waals surface area (Å²) in [5.74, 6) is -2.19. The minimum atomic E-state index is -0.562. The van der Waals surface area contributed by atoms with Crippen molar-refractivity contribution in [3.8, 4) is 22.5 Å². The molecule has 6 aromatic rings. The number of fused-ring (bicyclic) bond motifs is 2. The van der Waals surface area contributed by atoms with Crippen LogP contribution in [0, 0.1) is 37.1 Å². The van der Waals surface area contributed by atoms with E-state index in [-0.39, 0.29) is 18.9 Å². The van der Waals surface area contributed by atoms with Crippen molar-refractivity contribution >= 4 is 60.3 Å². The zero-order valence-corrected chi connectivity index (χ0v) is 31.3. The number of hydrogen-bond donors (Lipinski definition) is 3. The topological polar surface area (TPSA) is 72.6 Å². The highest BCUT2D eigenvalue weighted by molar-refractivity contribution is 9.10. The maximum absolute atomic E-state index is 14.0. The molecule has 0 aliphatic carbocycles. The van der Waals surface area contributed by atoms with Gasteiger partial charge in [-0.3, -0.25) is 0 Å². The van der Waals surface area contributed by atoms with Crippen LogP contribution in [0.4, 0.5) is 23.2 Å². The Kier molecular flexibility index (Phi) is 13.9. The van der Waals surface area contributed by atoms with Crippen molar-refractivity contribution in [2.24, 2.45) is 0 Å². The molecule has 2 aliphatic heterocycles. The third kappa shape index (κ3) is 9.75. The van der Waals surface area contributed by atoms with Crippen LogP contribution in [0.5, 0.6) is 0 Å². The Balaban J connectivity index is 0.000000166. The fourth-order valence-electron chi connectivity index (χ4n) is 6.15. The zero-order valence-electron chi connectivity index (χ0n) is 28.2. The smallest absolute Gasteiger partial charge is 0.135 e. The van der Waals surface area contributed by atoms with Crippen LogP contribution in [-0.2, 0) is 25.9 Å². The van der Waals surface area contributed by atoms with Gasteiger partial charge in [-0.1, -0.05) is 43.1 Å². The Labute approximate surface area is 326 Å².